The molecule has 0 unspecified atom stereocenters. The lowest BCUT2D eigenvalue weighted by atomic mass is 9.90. The van der Waals surface area contributed by atoms with Gasteiger partial charge in [0.2, 0.25) is 0 Å². The molecule has 11 heteroatoms. The second-order valence-electron chi connectivity index (χ2n) is 7.10. The van der Waals surface area contributed by atoms with E-state index >= 15 is 0 Å². The maximum atomic E-state index is 11.9. The first kappa shape index (κ1) is 26.1. The summed E-state index contributed by atoms with van der Waals surface area (Å²) in [7, 11) is 0. The Balaban J connectivity index is 2.58. The number of ether oxygens (including phenoxy) is 5. The van der Waals surface area contributed by atoms with E-state index in [-0.39, 0.29) is 6.61 Å². The van der Waals surface area contributed by atoms with Gasteiger partial charge in [-0.25, -0.2) is 0 Å². The predicted molar refractivity (Wildman–Crippen MR) is 115 cm³/mol. The Morgan fingerprint density at radius 2 is 1.47 bits per heavy atom. The van der Waals surface area contributed by atoms with Gasteiger partial charge in [-0.2, -0.15) is 0 Å². The molecule has 32 heavy (non-hydrogen) atoms. The smallest absolute Gasteiger partial charge is 0.303 e. The zero-order valence-electron chi connectivity index (χ0n) is 18.0. The van der Waals surface area contributed by atoms with E-state index in [1.165, 1.54) is 27.7 Å². The van der Waals surface area contributed by atoms with Crippen LogP contribution in [0.15, 0.2) is 18.2 Å². The summed E-state index contributed by atoms with van der Waals surface area (Å²) in [5.41, 5.74) is 1.32. The van der Waals surface area contributed by atoms with Gasteiger partial charge in [0, 0.05) is 38.0 Å². The number of rotatable bonds is 7. The summed E-state index contributed by atoms with van der Waals surface area (Å²) in [6.07, 6.45) is -5.52. The second kappa shape index (κ2) is 11.6. The van der Waals surface area contributed by atoms with Crippen LogP contribution < -0.4 is 0 Å². The van der Waals surface area contributed by atoms with Gasteiger partial charge in [0.25, 0.3) is 0 Å². The fourth-order valence-corrected chi connectivity index (χ4v) is 4.18. The van der Waals surface area contributed by atoms with Crippen LogP contribution in [0.1, 0.15) is 44.9 Å². The van der Waals surface area contributed by atoms with Gasteiger partial charge in [-0.05, 0) is 17.2 Å². The molecule has 0 bridgehead atoms. The highest BCUT2D eigenvalue weighted by Gasteiger charge is 2.52. The molecule has 9 nitrogen and oxygen atoms in total. The molecular formula is C21H24BrClO9. The van der Waals surface area contributed by atoms with Gasteiger partial charge < -0.3 is 23.7 Å². The Kier molecular flexibility index (Phi) is 9.47. The third-order valence-electron chi connectivity index (χ3n) is 4.53. The lowest BCUT2D eigenvalue weighted by molar-refractivity contribution is -0.254. The molecule has 0 saturated carbocycles. The molecule has 1 aromatic rings. The van der Waals surface area contributed by atoms with E-state index < -0.39 is 54.4 Å². The molecule has 0 amide bonds. The quantitative estimate of drug-likeness (QED) is 0.295. The maximum Gasteiger partial charge on any atom is 0.303 e. The van der Waals surface area contributed by atoms with Crippen molar-refractivity contribution in [2.75, 3.05) is 6.61 Å². The normalized spacial score (nSPS) is 24.9. The SMILES string of the molecule is CC(=O)OC[C@H]1O[C@@H](c2ccc(Cl)c(CBr)c2)[C@H](OC(C)=O)[C@@H](OC(C)=O)[C@@H]1OC(C)=O. The monoisotopic (exact) mass is 534 g/mol. The molecule has 0 radical (unpaired) electrons. The number of alkyl halides is 1. The average molecular weight is 536 g/mol. The summed E-state index contributed by atoms with van der Waals surface area (Å²) in [6, 6.07) is 5.08. The summed E-state index contributed by atoms with van der Waals surface area (Å²) in [6.45, 7) is 4.47. The Bertz CT molecular complexity index is 875. The van der Waals surface area contributed by atoms with E-state index in [0.29, 0.717) is 15.9 Å². The van der Waals surface area contributed by atoms with Crippen molar-refractivity contribution in [3.05, 3.63) is 34.3 Å². The highest BCUT2D eigenvalue weighted by atomic mass is 79.9. The van der Waals surface area contributed by atoms with Crippen LogP contribution in [-0.2, 0) is 48.2 Å². The van der Waals surface area contributed by atoms with Crippen molar-refractivity contribution in [1.82, 2.24) is 0 Å². The number of hydrogen-bond donors (Lipinski definition) is 0. The van der Waals surface area contributed by atoms with E-state index in [4.69, 9.17) is 35.3 Å². The number of hydrogen-bond acceptors (Lipinski definition) is 9. The lowest BCUT2D eigenvalue weighted by Crippen LogP contribution is -2.59. The van der Waals surface area contributed by atoms with Crippen molar-refractivity contribution in [1.29, 1.82) is 0 Å². The first-order valence-corrected chi connectivity index (χ1v) is 11.2. The Morgan fingerprint density at radius 3 is 2.00 bits per heavy atom. The summed E-state index contributed by atoms with van der Waals surface area (Å²) in [4.78, 5) is 47.0. The van der Waals surface area contributed by atoms with Gasteiger partial charge in [0.15, 0.2) is 18.3 Å². The summed E-state index contributed by atoms with van der Waals surface area (Å²) in [5.74, 6) is -2.61. The van der Waals surface area contributed by atoms with Crippen LogP contribution >= 0.6 is 27.5 Å². The number of esters is 4. The minimum Gasteiger partial charge on any atom is -0.463 e. The van der Waals surface area contributed by atoms with Crippen LogP contribution in [0.2, 0.25) is 5.02 Å². The second-order valence-corrected chi connectivity index (χ2v) is 8.07. The number of carbonyl (C=O) groups is 4. The van der Waals surface area contributed by atoms with Gasteiger partial charge in [0.1, 0.15) is 18.8 Å². The molecule has 0 aliphatic carbocycles. The Labute approximate surface area is 198 Å². The van der Waals surface area contributed by atoms with Gasteiger partial charge in [0.05, 0.1) is 0 Å². The first-order chi connectivity index (χ1) is 15.0. The molecule has 0 N–H and O–H groups in total. The van der Waals surface area contributed by atoms with Crippen LogP contribution in [0.3, 0.4) is 0 Å². The first-order valence-electron chi connectivity index (χ1n) is 9.68. The summed E-state index contributed by atoms with van der Waals surface area (Å²) >= 11 is 9.57. The number of halogens is 2. The largest absolute Gasteiger partial charge is 0.463 e. The van der Waals surface area contributed by atoms with Crippen LogP contribution in [0.5, 0.6) is 0 Å². The Hall–Kier alpha value is -2.17. The van der Waals surface area contributed by atoms with Crippen molar-refractivity contribution in [3.63, 3.8) is 0 Å². The highest BCUT2D eigenvalue weighted by Crippen LogP contribution is 2.38. The van der Waals surface area contributed by atoms with Crippen LogP contribution in [0.4, 0.5) is 0 Å². The van der Waals surface area contributed by atoms with Crippen molar-refractivity contribution < 1.29 is 42.9 Å². The topological polar surface area (TPSA) is 114 Å². The fourth-order valence-electron chi connectivity index (χ4n) is 3.37. The van der Waals surface area contributed by atoms with Crippen LogP contribution in [-0.4, -0.2) is 54.9 Å². The van der Waals surface area contributed by atoms with Gasteiger partial charge in [-0.1, -0.05) is 39.7 Å². The number of benzene rings is 1. The molecule has 5 atom stereocenters. The Morgan fingerprint density at radius 1 is 0.906 bits per heavy atom. The highest BCUT2D eigenvalue weighted by molar-refractivity contribution is 9.08. The molecule has 1 aliphatic heterocycles. The molecule has 2 rings (SSSR count). The maximum absolute atomic E-state index is 11.9. The molecule has 1 saturated heterocycles. The molecule has 176 valence electrons. The van der Waals surface area contributed by atoms with Crippen molar-refractivity contribution >= 4 is 51.4 Å². The average Bonchev–Trinajstić information content (AvgIpc) is 2.69. The predicted octanol–water partition coefficient (Wildman–Crippen LogP) is 3.03. The van der Waals surface area contributed by atoms with E-state index in [0.717, 1.165) is 5.56 Å². The molecule has 1 fully saturated rings. The molecule has 1 aliphatic rings. The molecule has 1 aromatic carbocycles. The van der Waals surface area contributed by atoms with Crippen molar-refractivity contribution in [3.8, 4) is 0 Å². The number of carbonyl (C=O) groups excluding carboxylic acids is 4. The third-order valence-corrected chi connectivity index (χ3v) is 5.51. The van der Waals surface area contributed by atoms with E-state index in [9.17, 15) is 19.2 Å². The van der Waals surface area contributed by atoms with E-state index in [2.05, 4.69) is 15.9 Å². The zero-order chi connectivity index (χ0) is 24.0. The molecule has 1 heterocycles. The molecule has 0 aromatic heterocycles. The minimum absolute atomic E-state index is 0.284. The zero-order valence-corrected chi connectivity index (χ0v) is 20.3. The van der Waals surface area contributed by atoms with Crippen LogP contribution in [0, 0.1) is 0 Å². The third kappa shape index (κ3) is 6.91. The van der Waals surface area contributed by atoms with Crippen molar-refractivity contribution in [2.45, 2.75) is 63.5 Å². The minimum atomic E-state index is -1.22. The fraction of sp³-hybridized carbons (Fsp3) is 0.524. The standard InChI is InChI=1S/C21H24BrClO9/c1-10(24)28-9-17-19(29-11(2)25)21(31-13(4)27)20(30-12(3)26)18(32-17)14-5-6-16(23)15(7-14)8-22/h5-7,17-21H,8-9H2,1-4H3/t17-,18+,19-,20+,21+/m1/s1. The van der Waals surface area contributed by atoms with Gasteiger partial charge in [-0.3, -0.25) is 19.2 Å². The van der Waals surface area contributed by atoms with Gasteiger partial charge in [-0.15, -0.1) is 0 Å². The summed E-state index contributed by atoms with van der Waals surface area (Å²) < 4.78 is 27.5. The van der Waals surface area contributed by atoms with Crippen molar-refractivity contribution in [2.24, 2.45) is 0 Å². The molecule has 0 spiro atoms. The van der Waals surface area contributed by atoms with Gasteiger partial charge >= 0.3 is 23.9 Å². The van der Waals surface area contributed by atoms with Crippen LogP contribution in [0.25, 0.3) is 0 Å². The summed E-state index contributed by atoms with van der Waals surface area (Å²) in [5, 5.41) is 0.960. The lowest BCUT2D eigenvalue weighted by Gasteiger charge is -2.44. The van der Waals surface area contributed by atoms with E-state index in [1.807, 2.05) is 0 Å². The van der Waals surface area contributed by atoms with E-state index in [1.54, 1.807) is 18.2 Å². The molecular weight excluding hydrogens is 512 g/mol.